The first-order chi connectivity index (χ1) is 14.1. The Morgan fingerprint density at radius 3 is 2.59 bits per heavy atom. The number of hydrogen-bond acceptors (Lipinski definition) is 4. The summed E-state index contributed by atoms with van der Waals surface area (Å²) < 4.78 is 24.0. The molecule has 0 saturated heterocycles. The Morgan fingerprint density at radius 1 is 0.966 bits per heavy atom. The molecule has 0 spiro atoms. The van der Waals surface area contributed by atoms with Gasteiger partial charge in [0.05, 0.1) is 0 Å². The van der Waals surface area contributed by atoms with Crippen molar-refractivity contribution in [3.63, 3.8) is 0 Å². The van der Waals surface area contributed by atoms with Crippen LogP contribution in [0.2, 0.25) is 0 Å². The van der Waals surface area contributed by atoms with Crippen molar-refractivity contribution >= 4 is 11.9 Å². The second-order valence-corrected chi connectivity index (χ2v) is 6.08. The van der Waals surface area contributed by atoms with E-state index in [2.05, 4.69) is 16.2 Å². The van der Waals surface area contributed by atoms with Gasteiger partial charge >= 0.3 is 11.9 Å². The van der Waals surface area contributed by atoms with Gasteiger partial charge in [0.15, 0.2) is 5.76 Å². The van der Waals surface area contributed by atoms with Crippen molar-refractivity contribution in [2.75, 3.05) is 6.54 Å². The Bertz CT molecular complexity index is 959. The van der Waals surface area contributed by atoms with E-state index in [1.807, 2.05) is 30.3 Å². The molecule has 3 rings (SSSR count). The summed E-state index contributed by atoms with van der Waals surface area (Å²) in [5.74, 6) is 0.268. The summed E-state index contributed by atoms with van der Waals surface area (Å²) in [5.41, 5.74) is 5.24. The highest BCUT2D eigenvalue weighted by Gasteiger charge is 2.12. The van der Waals surface area contributed by atoms with Crippen LogP contribution in [0.3, 0.4) is 0 Å². The van der Waals surface area contributed by atoms with Crippen LogP contribution in [0.15, 0.2) is 71.1 Å². The summed E-state index contributed by atoms with van der Waals surface area (Å²) in [6.45, 7) is 0.457. The lowest BCUT2D eigenvalue weighted by atomic mass is 10.1. The molecule has 0 radical (unpaired) electrons. The fraction of sp³-hybridized carbons (Fsp3) is 0.143. The fourth-order valence-electron chi connectivity index (χ4n) is 2.48. The van der Waals surface area contributed by atoms with Crippen LogP contribution < -0.4 is 20.9 Å². The van der Waals surface area contributed by atoms with Crippen molar-refractivity contribution in [1.82, 2.24) is 16.2 Å². The fourth-order valence-corrected chi connectivity index (χ4v) is 2.48. The second kappa shape index (κ2) is 9.93. The first kappa shape index (κ1) is 19.9. The molecule has 1 aromatic heterocycles. The molecule has 3 N–H and O–H groups in total. The van der Waals surface area contributed by atoms with Crippen LogP contribution in [0.25, 0.3) is 0 Å². The second-order valence-electron chi connectivity index (χ2n) is 6.08. The molecule has 0 atom stereocenters. The van der Waals surface area contributed by atoms with Crippen molar-refractivity contribution in [2.24, 2.45) is 0 Å². The molecule has 3 aromatic rings. The molecule has 0 aliphatic rings. The molecule has 0 fully saturated rings. The molecule has 0 aliphatic carbocycles. The van der Waals surface area contributed by atoms with E-state index in [9.17, 15) is 14.0 Å². The summed E-state index contributed by atoms with van der Waals surface area (Å²) in [6.07, 6.45) is 0.460. The quantitative estimate of drug-likeness (QED) is 0.534. The van der Waals surface area contributed by atoms with Crippen LogP contribution in [-0.2, 0) is 13.0 Å². The van der Waals surface area contributed by atoms with E-state index in [1.165, 1.54) is 18.2 Å². The Balaban J connectivity index is 1.37. The lowest BCUT2D eigenvalue weighted by Gasteiger charge is -2.08. The molecular weight excluding hydrogens is 377 g/mol. The molecule has 8 heteroatoms. The number of benzene rings is 2. The minimum Gasteiger partial charge on any atom is -0.486 e. The number of furan rings is 1. The zero-order chi connectivity index (χ0) is 20.5. The van der Waals surface area contributed by atoms with Crippen molar-refractivity contribution in [3.8, 4) is 5.75 Å². The number of nitrogens with one attached hydrogen (secondary N) is 3. The maximum absolute atomic E-state index is 13.1. The zero-order valence-corrected chi connectivity index (χ0v) is 15.5. The summed E-state index contributed by atoms with van der Waals surface area (Å²) >= 11 is 0. The number of halogens is 1. The number of hydrogen-bond donors (Lipinski definition) is 3. The van der Waals surface area contributed by atoms with Crippen LogP contribution in [0.4, 0.5) is 9.18 Å². The van der Waals surface area contributed by atoms with Crippen LogP contribution >= 0.6 is 0 Å². The molecule has 3 amide bonds. The van der Waals surface area contributed by atoms with E-state index in [-0.39, 0.29) is 24.7 Å². The highest BCUT2D eigenvalue weighted by Crippen LogP contribution is 2.13. The van der Waals surface area contributed by atoms with Crippen molar-refractivity contribution in [1.29, 1.82) is 0 Å². The molecular formula is C21H20FN3O4. The smallest absolute Gasteiger partial charge is 0.333 e. The topological polar surface area (TPSA) is 92.6 Å². The van der Waals surface area contributed by atoms with Gasteiger partial charge in [0, 0.05) is 6.54 Å². The maximum atomic E-state index is 13.1. The lowest BCUT2D eigenvalue weighted by Crippen LogP contribution is -2.47. The number of ether oxygens (including phenoxy) is 1. The Kier molecular flexibility index (Phi) is 6.83. The normalized spacial score (nSPS) is 10.2. The van der Waals surface area contributed by atoms with Gasteiger partial charge in [0.2, 0.25) is 0 Å². The van der Waals surface area contributed by atoms with E-state index in [0.29, 0.717) is 17.9 Å². The third kappa shape index (κ3) is 6.39. The minimum absolute atomic E-state index is 0.0386. The molecule has 0 bridgehead atoms. The van der Waals surface area contributed by atoms with Crippen LogP contribution in [0, 0.1) is 5.82 Å². The number of rotatable bonds is 7. The summed E-state index contributed by atoms with van der Waals surface area (Å²) in [5, 5.41) is 2.56. The van der Waals surface area contributed by atoms with Gasteiger partial charge in [-0.05, 0) is 48.4 Å². The van der Waals surface area contributed by atoms with Gasteiger partial charge in [-0.3, -0.25) is 10.2 Å². The van der Waals surface area contributed by atoms with Gasteiger partial charge in [-0.25, -0.2) is 14.6 Å². The SMILES string of the molecule is O=C(NCCc1cccc(F)c1)NNC(=O)c1ccc(COc2ccccc2)o1. The van der Waals surface area contributed by atoms with Crippen LogP contribution in [0.1, 0.15) is 21.9 Å². The van der Waals surface area contributed by atoms with E-state index >= 15 is 0 Å². The first-order valence-corrected chi connectivity index (χ1v) is 8.95. The highest BCUT2D eigenvalue weighted by atomic mass is 19.1. The van der Waals surface area contributed by atoms with Gasteiger partial charge in [0.25, 0.3) is 0 Å². The number of amides is 3. The van der Waals surface area contributed by atoms with Crippen molar-refractivity contribution < 1.29 is 23.1 Å². The number of carbonyl (C=O) groups is 2. The number of para-hydroxylation sites is 1. The lowest BCUT2D eigenvalue weighted by molar-refractivity contribution is 0.0904. The third-order valence-electron chi connectivity index (χ3n) is 3.89. The Morgan fingerprint density at radius 2 is 1.79 bits per heavy atom. The number of hydrazine groups is 1. The summed E-state index contributed by atoms with van der Waals surface area (Å²) in [4.78, 5) is 23.8. The molecule has 0 unspecified atom stereocenters. The highest BCUT2D eigenvalue weighted by molar-refractivity contribution is 5.92. The molecule has 1 heterocycles. The van der Waals surface area contributed by atoms with E-state index in [1.54, 1.807) is 18.2 Å². The Hall–Kier alpha value is -3.81. The maximum Gasteiger partial charge on any atom is 0.333 e. The molecule has 0 saturated carbocycles. The molecule has 2 aromatic carbocycles. The molecule has 0 aliphatic heterocycles. The number of urea groups is 1. The zero-order valence-electron chi connectivity index (χ0n) is 15.5. The van der Waals surface area contributed by atoms with E-state index in [0.717, 1.165) is 5.56 Å². The van der Waals surface area contributed by atoms with E-state index in [4.69, 9.17) is 9.15 Å². The Labute approximate surface area is 166 Å². The molecule has 150 valence electrons. The average Bonchev–Trinajstić information content (AvgIpc) is 3.20. The van der Waals surface area contributed by atoms with Gasteiger partial charge in [0.1, 0.15) is 23.9 Å². The number of carbonyl (C=O) groups excluding carboxylic acids is 2. The standard InChI is InChI=1S/C21H20FN3O4/c22-16-6-4-5-15(13-16)11-12-23-21(27)25-24-20(26)19-10-9-18(29-19)14-28-17-7-2-1-3-8-17/h1-10,13H,11-12,14H2,(H,24,26)(H2,23,25,27). The predicted molar refractivity (Wildman–Crippen MR) is 104 cm³/mol. The molecule has 7 nitrogen and oxygen atoms in total. The minimum atomic E-state index is -0.601. The summed E-state index contributed by atoms with van der Waals surface area (Å²) in [7, 11) is 0. The van der Waals surface area contributed by atoms with Gasteiger partial charge in [-0.1, -0.05) is 30.3 Å². The predicted octanol–water partition coefficient (Wildman–Crippen LogP) is 3.18. The molecule has 29 heavy (non-hydrogen) atoms. The first-order valence-electron chi connectivity index (χ1n) is 8.95. The van der Waals surface area contributed by atoms with Gasteiger partial charge in [-0.15, -0.1) is 0 Å². The van der Waals surface area contributed by atoms with Crippen molar-refractivity contribution in [3.05, 3.63) is 89.6 Å². The van der Waals surface area contributed by atoms with E-state index < -0.39 is 11.9 Å². The van der Waals surface area contributed by atoms with Gasteiger partial charge < -0.3 is 14.5 Å². The summed E-state index contributed by atoms with van der Waals surface area (Å²) in [6, 6.07) is 17.9. The van der Waals surface area contributed by atoms with Crippen molar-refractivity contribution in [2.45, 2.75) is 13.0 Å². The van der Waals surface area contributed by atoms with Crippen LogP contribution in [-0.4, -0.2) is 18.5 Å². The largest absolute Gasteiger partial charge is 0.486 e. The average molecular weight is 397 g/mol. The third-order valence-corrected chi connectivity index (χ3v) is 3.89. The van der Waals surface area contributed by atoms with Gasteiger partial charge in [-0.2, -0.15) is 0 Å². The monoisotopic (exact) mass is 397 g/mol. The van der Waals surface area contributed by atoms with Crippen LogP contribution in [0.5, 0.6) is 5.75 Å².